The molecule has 0 atom stereocenters. The summed E-state index contributed by atoms with van der Waals surface area (Å²) >= 11 is -2.94. The molecule has 0 amide bonds. The van der Waals surface area contributed by atoms with Crippen LogP contribution in [0.25, 0.3) is 0 Å². The van der Waals surface area contributed by atoms with Crippen molar-refractivity contribution in [2.24, 2.45) is 0 Å². The van der Waals surface area contributed by atoms with E-state index in [9.17, 15) is 3.50 Å². The number of hydrogen-bond acceptors (Lipinski definition) is 3. The Labute approximate surface area is 177 Å². The van der Waals surface area contributed by atoms with Gasteiger partial charge in [-0.1, -0.05) is 0 Å². The minimum atomic E-state index is -2.94. The Morgan fingerprint density at radius 3 is 0.920 bits per heavy atom. The zero-order chi connectivity index (χ0) is 20.4. The largest absolute Gasteiger partial charge is 0 e. The van der Waals surface area contributed by atoms with E-state index >= 15 is 0 Å². The minimum absolute atomic E-state index is 0. The van der Waals surface area contributed by atoms with Crippen LogP contribution >= 0.6 is 0 Å². The molecule has 0 aliphatic heterocycles. The third-order valence-corrected chi connectivity index (χ3v) is 4.93. The van der Waals surface area contributed by atoms with Gasteiger partial charge in [-0.2, -0.15) is 0 Å². The van der Waals surface area contributed by atoms with Gasteiger partial charge in [-0.15, -0.1) is 0 Å². The van der Waals surface area contributed by atoms with Crippen molar-refractivity contribution < 1.29 is 44.7 Å². The second-order valence-corrected chi connectivity index (χ2v) is 16.5. The monoisotopic (exact) mass is 589 g/mol. The fraction of sp³-hybridized carbons (Fsp3) is 0.737. The number of halogens is 1. The van der Waals surface area contributed by atoms with Crippen LogP contribution < -0.4 is 4.40 Å². The third kappa shape index (κ3) is 68.0. The van der Waals surface area contributed by atoms with Crippen LogP contribution in [0.4, 0.5) is 3.50 Å². The average Bonchev–Trinajstić information content (AvgIpc) is 2.58. The molecule has 3 N–H and O–H groups in total. The Kier molecular flexibility index (Phi) is 18.2. The number of aliphatic hydroxyl groups is 3. The summed E-state index contributed by atoms with van der Waals surface area (Å²) < 4.78 is 14.1. The van der Waals surface area contributed by atoms with Crippen LogP contribution in [0.5, 0.6) is 0 Å². The molecule has 150 valence electrons. The van der Waals surface area contributed by atoms with Gasteiger partial charge >= 0.3 is 57.4 Å². The molecule has 6 heteroatoms. The molecule has 1 aromatic carbocycles. The van der Waals surface area contributed by atoms with E-state index in [1.807, 2.05) is 24.3 Å². The van der Waals surface area contributed by atoms with Crippen LogP contribution in [0.1, 0.15) is 62.3 Å². The zero-order valence-electron chi connectivity index (χ0n) is 18.0. The van der Waals surface area contributed by atoms with E-state index in [-0.39, 0.29) is 25.8 Å². The first-order valence-electron chi connectivity index (χ1n) is 8.19. The molecule has 0 aliphatic carbocycles. The minimum Gasteiger partial charge on any atom is 0 e. The molecule has 3 nitrogen and oxygen atoms in total. The van der Waals surface area contributed by atoms with Gasteiger partial charge in [-0.25, -0.2) is 0 Å². The quantitative estimate of drug-likeness (QED) is 0.343. The Balaban J connectivity index is -0.000000122. The topological polar surface area (TPSA) is 60.7 Å². The molecule has 0 saturated carbocycles. The van der Waals surface area contributed by atoms with Gasteiger partial charge in [0.15, 0.2) is 0 Å². The fourth-order valence-electron chi connectivity index (χ4n) is 0.770. The molecule has 0 radical (unpaired) electrons. The Morgan fingerprint density at radius 2 is 0.840 bits per heavy atom. The summed E-state index contributed by atoms with van der Waals surface area (Å²) in [5.41, 5.74) is -1.50. The Bertz CT molecular complexity index is 348. The summed E-state index contributed by atoms with van der Waals surface area (Å²) in [6.07, 6.45) is 0. The van der Waals surface area contributed by atoms with Crippen LogP contribution in [0.2, 0.25) is 11.5 Å². The summed E-state index contributed by atoms with van der Waals surface area (Å²) in [5, 5.41) is 25.6. The van der Waals surface area contributed by atoms with E-state index in [2.05, 4.69) is 0 Å². The van der Waals surface area contributed by atoms with Gasteiger partial charge < -0.3 is 15.3 Å². The van der Waals surface area contributed by atoms with Crippen molar-refractivity contribution in [2.75, 3.05) is 0 Å². The molecule has 25 heavy (non-hydrogen) atoms. The maximum absolute atomic E-state index is 13.1. The maximum Gasteiger partial charge on any atom is 0 e. The molecule has 0 spiro atoms. The van der Waals surface area contributed by atoms with Crippen molar-refractivity contribution >= 4 is 18.1 Å². The van der Waals surface area contributed by atoms with E-state index < -0.39 is 30.5 Å². The molecular weight excluding hydrogens is 546 g/mol. The first-order chi connectivity index (χ1) is 10.1. The van der Waals surface area contributed by atoms with Crippen LogP contribution in [0, 0.1) is 0 Å². The summed E-state index contributed by atoms with van der Waals surface area (Å²) in [5.74, 6) is 3.49. The molecular formula is C19H40FGeHfO3-. The summed E-state index contributed by atoms with van der Waals surface area (Å²) in [4.78, 5) is 0. The predicted octanol–water partition coefficient (Wildman–Crippen LogP) is 4.12. The zero-order valence-corrected chi connectivity index (χ0v) is 23.7. The van der Waals surface area contributed by atoms with Gasteiger partial charge in [0.1, 0.15) is 0 Å². The molecule has 0 bridgehead atoms. The Hall–Kier alpha value is 0.573. The van der Waals surface area contributed by atoms with E-state index in [1.54, 1.807) is 73.8 Å². The van der Waals surface area contributed by atoms with Crippen LogP contribution in [0.15, 0.2) is 24.3 Å². The van der Waals surface area contributed by atoms with Crippen molar-refractivity contribution in [1.29, 1.82) is 0 Å². The van der Waals surface area contributed by atoms with Crippen LogP contribution in [0.3, 0.4) is 0 Å². The smallest absolute Gasteiger partial charge is 0 e. The van der Waals surface area contributed by atoms with Gasteiger partial charge in [-0.3, -0.25) is 0 Å². The van der Waals surface area contributed by atoms with Crippen LogP contribution in [-0.2, 0) is 25.8 Å². The van der Waals surface area contributed by atoms with E-state index in [1.165, 1.54) is 0 Å². The molecule has 0 aromatic heterocycles. The number of hydrogen-bond donors (Lipinski definition) is 3. The first kappa shape index (κ1) is 33.2. The molecule has 0 fully saturated rings. The van der Waals surface area contributed by atoms with Crippen molar-refractivity contribution in [3.8, 4) is 0 Å². The average molecular weight is 587 g/mol. The number of rotatable bonds is 1. The standard InChI is InChI=1S/C7H10FGe.3C4H10O.Hf/c1-9(2,8)7-5-3-4-6-7;3*1-4(2,3)5;/h3-6H,1-2H3;3*5H,1-3H3;/q-1;;;;. The van der Waals surface area contributed by atoms with Gasteiger partial charge in [0.2, 0.25) is 0 Å². The van der Waals surface area contributed by atoms with Gasteiger partial charge in [-0.05, 0) is 62.3 Å². The normalized spacial score (nSPS) is 11.5. The van der Waals surface area contributed by atoms with Crippen molar-refractivity contribution in [3.05, 3.63) is 24.3 Å². The molecule has 0 heterocycles. The van der Waals surface area contributed by atoms with Crippen molar-refractivity contribution in [1.82, 2.24) is 0 Å². The van der Waals surface area contributed by atoms with Gasteiger partial charge in [0.05, 0.1) is 16.8 Å². The molecule has 1 rings (SSSR count). The predicted molar refractivity (Wildman–Crippen MR) is 106 cm³/mol. The van der Waals surface area contributed by atoms with E-state index in [4.69, 9.17) is 15.3 Å². The molecule has 0 unspecified atom stereocenters. The van der Waals surface area contributed by atoms with Crippen molar-refractivity contribution in [2.45, 2.75) is 90.6 Å². The second-order valence-electron chi connectivity index (χ2n) is 9.16. The third-order valence-electron chi connectivity index (χ3n) is 1.35. The van der Waals surface area contributed by atoms with E-state index in [0.717, 1.165) is 4.40 Å². The van der Waals surface area contributed by atoms with Crippen LogP contribution in [-0.4, -0.2) is 45.9 Å². The maximum atomic E-state index is 13.1. The molecule has 0 aliphatic rings. The fourth-order valence-corrected chi connectivity index (χ4v) is 2.84. The van der Waals surface area contributed by atoms with E-state index in [0.29, 0.717) is 0 Å². The molecule has 0 saturated heterocycles. The molecule has 1 aromatic rings. The second kappa shape index (κ2) is 13.7. The summed E-state index contributed by atoms with van der Waals surface area (Å²) in [6, 6.07) is 7.53. The Morgan fingerprint density at radius 1 is 0.680 bits per heavy atom. The van der Waals surface area contributed by atoms with Gasteiger partial charge in [0.25, 0.3) is 0 Å². The SMILES string of the molecule is CC(C)(C)O.CC(C)(C)O.CC(C)(C)O.[CH3][Ge]([CH3])([F])[c-]1cccc1.[Hf]. The van der Waals surface area contributed by atoms with Gasteiger partial charge in [0, 0.05) is 25.8 Å². The first-order valence-corrected chi connectivity index (χ1v) is 14.2. The summed E-state index contributed by atoms with van der Waals surface area (Å²) in [7, 11) is 0. The van der Waals surface area contributed by atoms with Crippen molar-refractivity contribution in [3.63, 3.8) is 0 Å². The summed E-state index contributed by atoms with van der Waals surface area (Å²) in [6.45, 7) is 15.7.